The van der Waals surface area contributed by atoms with Gasteiger partial charge in [0.2, 0.25) is 5.91 Å². The molecule has 162 valence electrons. The molecular weight excluding hydrogens is 477 g/mol. The molecule has 0 saturated heterocycles. The molecule has 8 heteroatoms. The molecule has 2 aromatic carbocycles. The number of rotatable bonds is 4. The molecule has 4 nitrogen and oxygen atoms in total. The Morgan fingerprint density at radius 1 is 0.968 bits per heavy atom. The number of hydrogen-bond donors (Lipinski definition) is 1. The van der Waals surface area contributed by atoms with Crippen molar-refractivity contribution in [3.63, 3.8) is 0 Å². The molecule has 1 amide bonds. The van der Waals surface area contributed by atoms with Gasteiger partial charge in [0.05, 0.1) is 15.7 Å². The van der Waals surface area contributed by atoms with Crippen LogP contribution in [0.15, 0.2) is 36.4 Å². The molecule has 0 radical (unpaired) electrons. The lowest BCUT2D eigenvalue weighted by Crippen LogP contribution is -2.35. The van der Waals surface area contributed by atoms with Crippen LogP contribution in [0.25, 0.3) is 10.1 Å². The third-order valence-electron chi connectivity index (χ3n) is 5.72. The van der Waals surface area contributed by atoms with Crippen molar-refractivity contribution in [2.75, 3.05) is 5.32 Å². The first-order valence-electron chi connectivity index (χ1n) is 9.99. The average molecular weight is 497 g/mol. The maximum atomic E-state index is 12.8. The van der Waals surface area contributed by atoms with Crippen molar-refractivity contribution in [1.29, 1.82) is 0 Å². The van der Waals surface area contributed by atoms with Gasteiger partial charge < -0.3 is 10.1 Å². The van der Waals surface area contributed by atoms with Gasteiger partial charge in [-0.1, -0.05) is 79.2 Å². The van der Waals surface area contributed by atoms with E-state index in [0.717, 1.165) is 42.2 Å². The molecule has 1 N–H and O–H groups in total. The summed E-state index contributed by atoms with van der Waals surface area (Å²) in [6, 6.07) is 10.6. The molecular formula is C23H20Cl3NO3S. The Labute approximate surface area is 199 Å². The fourth-order valence-corrected chi connectivity index (χ4v) is 5.62. The largest absolute Gasteiger partial charge is 0.421 e. The normalized spacial score (nSPS) is 15.6. The first kappa shape index (κ1) is 22.4. The van der Waals surface area contributed by atoms with Crippen LogP contribution >= 0.6 is 46.1 Å². The summed E-state index contributed by atoms with van der Waals surface area (Å²) in [6.45, 7) is 1.97. The Kier molecular flexibility index (Phi) is 6.50. The first-order valence-corrected chi connectivity index (χ1v) is 11.9. The summed E-state index contributed by atoms with van der Waals surface area (Å²) < 4.78 is 6.36. The summed E-state index contributed by atoms with van der Waals surface area (Å²) in [5, 5.41) is 4.20. The Hall–Kier alpha value is -1.79. The van der Waals surface area contributed by atoms with Crippen molar-refractivity contribution in [2.45, 2.75) is 39.0 Å². The number of benzene rings is 2. The van der Waals surface area contributed by atoms with Gasteiger partial charge in [-0.2, -0.15) is 0 Å². The number of hydrogen-bond acceptors (Lipinski definition) is 4. The van der Waals surface area contributed by atoms with E-state index in [-0.39, 0.29) is 26.6 Å². The van der Waals surface area contributed by atoms with Crippen LogP contribution in [0, 0.1) is 5.41 Å². The summed E-state index contributed by atoms with van der Waals surface area (Å²) in [6.07, 6.45) is 4.91. The molecule has 0 bridgehead atoms. The van der Waals surface area contributed by atoms with E-state index in [2.05, 4.69) is 5.32 Å². The van der Waals surface area contributed by atoms with Crippen LogP contribution in [0.4, 0.5) is 5.69 Å². The summed E-state index contributed by atoms with van der Waals surface area (Å²) in [5.74, 6) is -0.588. The highest BCUT2D eigenvalue weighted by Crippen LogP contribution is 2.42. The van der Waals surface area contributed by atoms with E-state index in [1.165, 1.54) is 17.4 Å². The number of thiophene rings is 1. The van der Waals surface area contributed by atoms with Crippen molar-refractivity contribution in [1.82, 2.24) is 0 Å². The van der Waals surface area contributed by atoms with Crippen molar-refractivity contribution < 1.29 is 14.3 Å². The Bertz CT molecular complexity index is 1170. The minimum atomic E-state index is -0.615. The summed E-state index contributed by atoms with van der Waals surface area (Å²) in [4.78, 5) is 25.8. The first-order chi connectivity index (χ1) is 14.8. The van der Waals surface area contributed by atoms with Gasteiger partial charge in [0.25, 0.3) is 0 Å². The van der Waals surface area contributed by atoms with Crippen LogP contribution in [0.3, 0.4) is 0 Å². The zero-order valence-corrected chi connectivity index (χ0v) is 19.9. The van der Waals surface area contributed by atoms with Crippen molar-refractivity contribution in [3.8, 4) is 5.75 Å². The molecule has 3 aromatic rings. The zero-order valence-electron chi connectivity index (χ0n) is 16.8. The lowest BCUT2D eigenvalue weighted by molar-refractivity contribution is -0.126. The predicted octanol–water partition coefficient (Wildman–Crippen LogP) is 7.99. The van der Waals surface area contributed by atoms with E-state index in [1.54, 1.807) is 6.07 Å². The quantitative estimate of drug-likeness (QED) is 0.294. The smallest absolute Gasteiger partial charge is 0.355 e. The van der Waals surface area contributed by atoms with E-state index in [1.807, 2.05) is 31.2 Å². The molecule has 0 spiro atoms. The Morgan fingerprint density at radius 3 is 2.39 bits per heavy atom. The van der Waals surface area contributed by atoms with Gasteiger partial charge in [-0.3, -0.25) is 4.79 Å². The van der Waals surface area contributed by atoms with Gasteiger partial charge in [0.15, 0.2) is 5.75 Å². The number of esters is 1. The molecule has 1 aliphatic carbocycles. The number of carbonyl (C=O) groups is 2. The molecule has 4 rings (SSSR count). The number of halogens is 3. The number of anilines is 1. The monoisotopic (exact) mass is 495 g/mol. The molecule has 31 heavy (non-hydrogen) atoms. The van der Waals surface area contributed by atoms with Gasteiger partial charge in [0, 0.05) is 15.5 Å². The second-order valence-electron chi connectivity index (χ2n) is 7.95. The molecule has 1 saturated carbocycles. The number of fused-ring (bicyclic) bond motifs is 1. The number of carbonyl (C=O) groups excluding carboxylic acids is 2. The fourth-order valence-electron chi connectivity index (χ4n) is 3.83. The third-order valence-corrected chi connectivity index (χ3v) is 8.24. The van der Waals surface area contributed by atoms with Gasteiger partial charge >= 0.3 is 5.97 Å². The maximum absolute atomic E-state index is 12.8. The third kappa shape index (κ3) is 4.42. The molecule has 0 atom stereocenters. The SMILES string of the molecule is CC1(C(=O)Nc2ccc(OC(=O)c3sc4ccccc4c3Cl)c(Cl)c2Cl)CCCCC1. The van der Waals surface area contributed by atoms with Crippen LogP contribution in [-0.4, -0.2) is 11.9 Å². The molecule has 0 aliphatic heterocycles. The van der Waals surface area contributed by atoms with E-state index >= 15 is 0 Å². The van der Waals surface area contributed by atoms with Crippen molar-refractivity contribution in [2.24, 2.45) is 5.41 Å². The minimum Gasteiger partial charge on any atom is -0.421 e. The highest BCUT2D eigenvalue weighted by molar-refractivity contribution is 7.21. The molecule has 1 fully saturated rings. The zero-order chi connectivity index (χ0) is 22.2. The fraction of sp³-hybridized carbons (Fsp3) is 0.304. The Morgan fingerprint density at radius 2 is 1.68 bits per heavy atom. The van der Waals surface area contributed by atoms with Crippen LogP contribution in [0.5, 0.6) is 5.75 Å². The predicted molar refractivity (Wildman–Crippen MR) is 128 cm³/mol. The van der Waals surface area contributed by atoms with Crippen LogP contribution in [0.2, 0.25) is 15.1 Å². The minimum absolute atomic E-state index is 0.0545. The number of nitrogens with one attached hydrogen (secondary N) is 1. The van der Waals surface area contributed by atoms with Gasteiger partial charge in [-0.25, -0.2) is 4.79 Å². The van der Waals surface area contributed by atoms with E-state index in [0.29, 0.717) is 10.7 Å². The number of ether oxygens (including phenoxy) is 1. The summed E-state index contributed by atoms with van der Waals surface area (Å²) in [7, 11) is 0. The topological polar surface area (TPSA) is 55.4 Å². The van der Waals surface area contributed by atoms with Crippen LogP contribution in [-0.2, 0) is 4.79 Å². The molecule has 1 aromatic heterocycles. The molecule has 1 aliphatic rings. The summed E-state index contributed by atoms with van der Waals surface area (Å²) in [5.41, 5.74) is -0.0277. The van der Waals surface area contributed by atoms with E-state index in [9.17, 15) is 9.59 Å². The average Bonchev–Trinajstić information content (AvgIpc) is 3.11. The van der Waals surface area contributed by atoms with E-state index < -0.39 is 11.4 Å². The standard InChI is InChI=1S/C23H20Cl3NO3S/c1-23(11-5-2-6-12-23)22(29)27-14-9-10-15(19(26)18(14)25)30-21(28)20-17(24)13-7-3-4-8-16(13)31-20/h3-4,7-10H,2,5-6,11-12H2,1H3,(H,27,29). The second kappa shape index (κ2) is 8.99. The highest BCUT2D eigenvalue weighted by Gasteiger charge is 2.35. The summed E-state index contributed by atoms with van der Waals surface area (Å²) >= 11 is 20.4. The maximum Gasteiger partial charge on any atom is 0.355 e. The highest BCUT2D eigenvalue weighted by atomic mass is 35.5. The van der Waals surface area contributed by atoms with Crippen LogP contribution in [0.1, 0.15) is 48.7 Å². The number of amides is 1. The lowest BCUT2D eigenvalue weighted by atomic mass is 9.75. The van der Waals surface area contributed by atoms with E-state index in [4.69, 9.17) is 39.5 Å². The molecule has 1 heterocycles. The molecule has 0 unspecified atom stereocenters. The van der Waals surface area contributed by atoms with Gasteiger partial charge in [-0.05, 0) is 31.0 Å². The van der Waals surface area contributed by atoms with Gasteiger partial charge in [0.1, 0.15) is 9.90 Å². The lowest BCUT2D eigenvalue weighted by Gasteiger charge is -2.32. The van der Waals surface area contributed by atoms with Gasteiger partial charge in [-0.15, -0.1) is 11.3 Å². The Balaban J connectivity index is 1.53. The van der Waals surface area contributed by atoms with Crippen molar-refractivity contribution in [3.05, 3.63) is 56.3 Å². The van der Waals surface area contributed by atoms with Crippen molar-refractivity contribution >= 4 is 73.8 Å². The van der Waals surface area contributed by atoms with Crippen LogP contribution < -0.4 is 10.1 Å². The second-order valence-corrected chi connectivity index (χ2v) is 10.1.